The Morgan fingerprint density at radius 3 is 2.46 bits per heavy atom. The highest BCUT2D eigenvalue weighted by Crippen LogP contribution is 2.17. The molecule has 0 unspecified atom stereocenters. The highest BCUT2D eigenvalue weighted by Gasteiger charge is 2.20. The van der Waals surface area contributed by atoms with Gasteiger partial charge in [-0.2, -0.15) is 5.10 Å². The number of sulfonamides is 1. The largest absolute Gasteiger partial charge is 0.321 e. The van der Waals surface area contributed by atoms with Crippen molar-refractivity contribution in [3.8, 4) is 0 Å². The predicted octanol–water partition coefficient (Wildman–Crippen LogP) is 1.09. The molecular weight excluding hydrogens is 360 g/mol. The highest BCUT2D eigenvalue weighted by atomic mass is 32.2. The van der Waals surface area contributed by atoms with Crippen LogP contribution < -0.4 is 10.9 Å². The quantitative estimate of drug-likeness (QED) is 0.720. The first-order valence-corrected chi connectivity index (χ1v) is 9.26. The molecule has 1 aromatic heterocycles. The molecule has 0 aliphatic carbocycles. The summed E-state index contributed by atoms with van der Waals surface area (Å²) in [6, 6.07) is 8.24. The number of hydroxylamine groups is 1. The first kappa shape index (κ1) is 19.8. The smallest absolute Gasteiger partial charge is 0.276 e. The molecule has 0 atom stereocenters. The molecule has 9 nitrogen and oxygen atoms in total. The summed E-state index contributed by atoms with van der Waals surface area (Å²) in [6.45, 7) is 2.32. The SMILES string of the molecule is CCCn1nc(C(=O)Nc2ccc(S(=O)(=O)N(C)OC)cc2)ccc1=O. The molecule has 1 amide bonds. The number of amides is 1. The number of nitrogens with one attached hydrogen (secondary N) is 1. The summed E-state index contributed by atoms with van der Waals surface area (Å²) in [5.41, 5.74) is 0.207. The number of anilines is 1. The van der Waals surface area contributed by atoms with Crippen LogP contribution >= 0.6 is 0 Å². The number of carbonyl (C=O) groups excluding carboxylic acids is 1. The Morgan fingerprint density at radius 2 is 1.88 bits per heavy atom. The lowest BCUT2D eigenvalue weighted by atomic mass is 10.3. The zero-order valence-electron chi connectivity index (χ0n) is 14.7. The van der Waals surface area contributed by atoms with Gasteiger partial charge in [0.2, 0.25) is 0 Å². The van der Waals surface area contributed by atoms with Gasteiger partial charge in [-0.25, -0.2) is 13.1 Å². The van der Waals surface area contributed by atoms with Crippen molar-refractivity contribution in [1.82, 2.24) is 14.2 Å². The predicted molar refractivity (Wildman–Crippen MR) is 95.1 cm³/mol. The molecule has 26 heavy (non-hydrogen) atoms. The van der Waals surface area contributed by atoms with Crippen molar-refractivity contribution < 1.29 is 18.0 Å². The molecule has 2 rings (SSSR count). The number of carbonyl (C=O) groups is 1. The van der Waals surface area contributed by atoms with Gasteiger partial charge in [0.1, 0.15) is 5.69 Å². The Kier molecular flexibility index (Phi) is 6.24. The van der Waals surface area contributed by atoms with Crippen LogP contribution in [-0.4, -0.2) is 42.7 Å². The van der Waals surface area contributed by atoms with E-state index in [2.05, 4.69) is 10.4 Å². The molecule has 0 fully saturated rings. The van der Waals surface area contributed by atoms with Crippen molar-refractivity contribution in [2.45, 2.75) is 24.8 Å². The zero-order valence-corrected chi connectivity index (χ0v) is 15.5. The second-order valence-electron chi connectivity index (χ2n) is 5.36. The number of aromatic nitrogens is 2. The van der Waals surface area contributed by atoms with Gasteiger partial charge in [-0.1, -0.05) is 11.4 Å². The topological polar surface area (TPSA) is 111 Å². The van der Waals surface area contributed by atoms with Crippen molar-refractivity contribution in [3.05, 3.63) is 52.4 Å². The molecule has 0 radical (unpaired) electrons. The second kappa shape index (κ2) is 8.21. The van der Waals surface area contributed by atoms with Gasteiger partial charge in [0, 0.05) is 25.3 Å². The van der Waals surface area contributed by atoms with E-state index in [9.17, 15) is 18.0 Å². The van der Waals surface area contributed by atoms with Crippen molar-refractivity contribution >= 4 is 21.6 Å². The van der Waals surface area contributed by atoms with Gasteiger partial charge in [0.25, 0.3) is 21.5 Å². The number of nitrogens with zero attached hydrogens (tertiary/aromatic N) is 3. The average molecular weight is 380 g/mol. The zero-order chi connectivity index (χ0) is 19.3. The summed E-state index contributed by atoms with van der Waals surface area (Å²) in [6.07, 6.45) is 0.712. The van der Waals surface area contributed by atoms with Gasteiger partial charge in [0.15, 0.2) is 0 Å². The van der Waals surface area contributed by atoms with Crippen LogP contribution in [0.3, 0.4) is 0 Å². The summed E-state index contributed by atoms with van der Waals surface area (Å²) < 4.78 is 26.2. The molecule has 0 saturated carbocycles. The van der Waals surface area contributed by atoms with Gasteiger partial charge in [0.05, 0.1) is 12.0 Å². The van der Waals surface area contributed by atoms with E-state index in [0.29, 0.717) is 18.7 Å². The lowest BCUT2D eigenvalue weighted by Crippen LogP contribution is -2.26. The Hall–Kier alpha value is -2.56. The second-order valence-corrected chi connectivity index (χ2v) is 7.29. The van der Waals surface area contributed by atoms with Gasteiger partial charge in [-0.05, 0) is 36.8 Å². The molecule has 140 valence electrons. The van der Waals surface area contributed by atoms with Gasteiger partial charge in [-0.3, -0.25) is 14.4 Å². The van der Waals surface area contributed by atoms with Crippen LogP contribution in [0, 0.1) is 0 Å². The Labute approximate surface area is 151 Å². The maximum atomic E-state index is 12.3. The molecule has 1 N–H and O–H groups in total. The third-order valence-electron chi connectivity index (χ3n) is 3.54. The van der Waals surface area contributed by atoms with Crippen LogP contribution in [0.15, 0.2) is 46.1 Å². The Morgan fingerprint density at radius 1 is 1.23 bits per heavy atom. The van der Waals surface area contributed by atoms with E-state index < -0.39 is 15.9 Å². The van der Waals surface area contributed by atoms with Gasteiger partial charge >= 0.3 is 0 Å². The molecule has 0 aliphatic rings. The van der Waals surface area contributed by atoms with Gasteiger partial charge < -0.3 is 5.32 Å². The van der Waals surface area contributed by atoms with E-state index >= 15 is 0 Å². The monoisotopic (exact) mass is 380 g/mol. The molecule has 0 bridgehead atoms. The number of rotatable bonds is 7. The minimum Gasteiger partial charge on any atom is -0.321 e. The van der Waals surface area contributed by atoms with E-state index in [1.807, 2.05) is 6.92 Å². The van der Waals surface area contributed by atoms with Crippen molar-refractivity contribution in [2.75, 3.05) is 19.5 Å². The fourth-order valence-electron chi connectivity index (χ4n) is 2.09. The van der Waals surface area contributed by atoms with Crippen LogP contribution in [0.2, 0.25) is 0 Å². The van der Waals surface area contributed by atoms with E-state index in [1.165, 1.54) is 55.2 Å². The van der Waals surface area contributed by atoms with E-state index in [-0.39, 0.29) is 16.1 Å². The van der Waals surface area contributed by atoms with E-state index in [0.717, 1.165) is 4.47 Å². The summed E-state index contributed by atoms with van der Waals surface area (Å²) in [7, 11) is -1.23. The number of benzene rings is 1. The van der Waals surface area contributed by atoms with Crippen molar-refractivity contribution in [2.24, 2.45) is 0 Å². The summed E-state index contributed by atoms with van der Waals surface area (Å²) in [4.78, 5) is 28.7. The maximum Gasteiger partial charge on any atom is 0.276 e. The van der Waals surface area contributed by atoms with Gasteiger partial charge in [-0.15, -0.1) is 0 Å². The minimum atomic E-state index is -3.76. The summed E-state index contributed by atoms with van der Waals surface area (Å²) in [5.74, 6) is -0.500. The number of aryl methyl sites for hydroxylation is 1. The minimum absolute atomic E-state index is 0.0227. The third-order valence-corrected chi connectivity index (χ3v) is 5.23. The van der Waals surface area contributed by atoms with E-state index in [1.54, 1.807) is 0 Å². The van der Waals surface area contributed by atoms with E-state index in [4.69, 9.17) is 4.84 Å². The first-order chi connectivity index (χ1) is 12.3. The number of hydrogen-bond donors (Lipinski definition) is 1. The van der Waals surface area contributed by atoms with Crippen LogP contribution in [-0.2, 0) is 21.4 Å². The average Bonchev–Trinajstić information content (AvgIpc) is 2.63. The third kappa shape index (κ3) is 4.34. The molecular formula is C16H20N4O5S. The lowest BCUT2D eigenvalue weighted by molar-refractivity contribution is -0.0258. The summed E-state index contributed by atoms with van der Waals surface area (Å²) in [5, 5.41) is 6.63. The number of hydrogen-bond acceptors (Lipinski definition) is 6. The van der Waals surface area contributed by atoms with Crippen LogP contribution in [0.1, 0.15) is 23.8 Å². The molecule has 1 heterocycles. The molecule has 10 heteroatoms. The van der Waals surface area contributed by atoms with Crippen LogP contribution in [0.25, 0.3) is 0 Å². The molecule has 0 spiro atoms. The maximum absolute atomic E-state index is 12.3. The molecule has 2 aromatic rings. The first-order valence-electron chi connectivity index (χ1n) is 7.82. The molecule has 0 aliphatic heterocycles. The van der Waals surface area contributed by atoms with Crippen LogP contribution in [0.5, 0.6) is 0 Å². The highest BCUT2D eigenvalue weighted by molar-refractivity contribution is 7.89. The fraction of sp³-hybridized carbons (Fsp3) is 0.312. The van der Waals surface area contributed by atoms with Crippen molar-refractivity contribution in [1.29, 1.82) is 0 Å². The Bertz CT molecular complexity index is 938. The standard InChI is InChI=1S/C16H20N4O5S/c1-4-11-20-15(21)10-9-14(18-20)16(22)17-12-5-7-13(8-6-12)26(23,24)19(2)25-3/h5-10H,4,11H2,1-3H3,(H,17,22). The fourth-order valence-corrected chi connectivity index (χ4v) is 3.07. The lowest BCUT2D eigenvalue weighted by Gasteiger charge is -2.14. The molecule has 1 aromatic carbocycles. The van der Waals surface area contributed by atoms with Crippen molar-refractivity contribution in [3.63, 3.8) is 0 Å². The normalized spacial score (nSPS) is 11.5. The molecule has 0 saturated heterocycles. The summed E-state index contributed by atoms with van der Waals surface area (Å²) >= 11 is 0. The Balaban J connectivity index is 2.18. The van der Waals surface area contributed by atoms with Crippen LogP contribution in [0.4, 0.5) is 5.69 Å².